The van der Waals surface area contributed by atoms with Gasteiger partial charge in [-0.25, -0.2) is 4.79 Å². The molecular formula is C26H32N2O6. The first-order valence-electron chi connectivity index (χ1n) is 11.9. The lowest BCUT2D eigenvalue weighted by molar-refractivity contribution is 0.0119. The Balaban J connectivity index is 1.42. The molecule has 3 aliphatic heterocycles. The lowest BCUT2D eigenvalue weighted by Crippen LogP contribution is -2.51. The van der Waals surface area contributed by atoms with E-state index in [1.807, 2.05) is 32.9 Å². The van der Waals surface area contributed by atoms with Crippen molar-refractivity contribution in [3.05, 3.63) is 47.5 Å². The third-order valence-corrected chi connectivity index (χ3v) is 6.10. The van der Waals surface area contributed by atoms with E-state index in [-0.39, 0.29) is 12.1 Å². The summed E-state index contributed by atoms with van der Waals surface area (Å²) in [6, 6.07) is 12.2. The van der Waals surface area contributed by atoms with Crippen LogP contribution in [0.1, 0.15) is 37.9 Å². The van der Waals surface area contributed by atoms with Crippen molar-refractivity contribution in [3.8, 4) is 23.0 Å². The topological polar surface area (TPSA) is 69.7 Å². The van der Waals surface area contributed by atoms with Crippen molar-refractivity contribution >= 4 is 6.09 Å². The van der Waals surface area contributed by atoms with Crippen LogP contribution in [0.3, 0.4) is 0 Å². The fraction of sp³-hybridized carbons (Fsp3) is 0.500. The van der Waals surface area contributed by atoms with Crippen molar-refractivity contribution < 1.29 is 28.5 Å². The molecule has 3 heterocycles. The number of hydrogen-bond donors (Lipinski definition) is 0. The first-order valence-corrected chi connectivity index (χ1v) is 11.9. The average Bonchev–Trinajstić information content (AvgIpc) is 2.83. The van der Waals surface area contributed by atoms with E-state index in [1.54, 1.807) is 4.90 Å². The second-order valence-electron chi connectivity index (χ2n) is 9.71. The van der Waals surface area contributed by atoms with Gasteiger partial charge in [0.1, 0.15) is 32.0 Å². The van der Waals surface area contributed by atoms with Crippen LogP contribution in [0.2, 0.25) is 0 Å². The van der Waals surface area contributed by atoms with Crippen molar-refractivity contribution in [2.45, 2.75) is 32.4 Å². The summed E-state index contributed by atoms with van der Waals surface area (Å²) in [6.07, 6.45) is -0.262. The van der Waals surface area contributed by atoms with Gasteiger partial charge in [-0.1, -0.05) is 12.1 Å². The number of hydrogen-bond acceptors (Lipinski definition) is 7. The maximum atomic E-state index is 12.6. The van der Waals surface area contributed by atoms with Gasteiger partial charge < -0.3 is 28.6 Å². The molecular weight excluding hydrogens is 436 g/mol. The van der Waals surface area contributed by atoms with Gasteiger partial charge >= 0.3 is 6.09 Å². The Morgan fingerprint density at radius 2 is 1.24 bits per heavy atom. The third-order valence-electron chi connectivity index (χ3n) is 6.10. The first-order chi connectivity index (χ1) is 16.4. The van der Waals surface area contributed by atoms with Crippen LogP contribution in [0.4, 0.5) is 4.79 Å². The normalized spacial score (nSPS) is 18.1. The summed E-state index contributed by atoms with van der Waals surface area (Å²) >= 11 is 0. The summed E-state index contributed by atoms with van der Waals surface area (Å²) in [5.74, 6) is 3.06. The molecule has 0 spiro atoms. The Kier molecular flexibility index (Phi) is 6.16. The zero-order valence-electron chi connectivity index (χ0n) is 20.0. The van der Waals surface area contributed by atoms with E-state index in [0.717, 1.165) is 34.1 Å². The number of carbonyl (C=O) groups excluding carboxylic acids is 1. The summed E-state index contributed by atoms with van der Waals surface area (Å²) < 4.78 is 28.8. The average molecular weight is 469 g/mol. The molecule has 3 aliphatic rings. The monoisotopic (exact) mass is 468 g/mol. The van der Waals surface area contributed by atoms with Crippen LogP contribution in [0.5, 0.6) is 23.0 Å². The zero-order chi connectivity index (χ0) is 23.7. The minimum absolute atomic E-state index is 0.0348. The molecule has 0 atom stereocenters. The summed E-state index contributed by atoms with van der Waals surface area (Å²) in [5.41, 5.74) is 1.70. The van der Waals surface area contributed by atoms with Crippen LogP contribution in [-0.2, 0) is 4.74 Å². The summed E-state index contributed by atoms with van der Waals surface area (Å²) in [4.78, 5) is 16.7. The predicted octanol–water partition coefficient (Wildman–Crippen LogP) is 3.87. The summed E-state index contributed by atoms with van der Waals surface area (Å²) in [5, 5.41) is 0. The van der Waals surface area contributed by atoms with Crippen molar-refractivity contribution in [1.29, 1.82) is 0 Å². The largest absolute Gasteiger partial charge is 0.486 e. The maximum Gasteiger partial charge on any atom is 0.410 e. The minimum atomic E-state index is -0.507. The Bertz CT molecular complexity index is 983. The molecule has 8 nitrogen and oxygen atoms in total. The van der Waals surface area contributed by atoms with Gasteiger partial charge in [-0.15, -0.1) is 0 Å². The molecule has 2 aromatic rings. The molecule has 1 saturated heterocycles. The second kappa shape index (κ2) is 9.25. The molecule has 0 saturated carbocycles. The molecule has 34 heavy (non-hydrogen) atoms. The molecule has 0 N–H and O–H groups in total. The lowest BCUT2D eigenvalue weighted by atomic mass is 9.95. The lowest BCUT2D eigenvalue weighted by Gasteiger charge is -2.40. The number of ether oxygens (including phenoxy) is 5. The highest BCUT2D eigenvalue weighted by atomic mass is 16.6. The Morgan fingerprint density at radius 3 is 1.71 bits per heavy atom. The highest BCUT2D eigenvalue weighted by Gasteiger charge is 2.31. The smallest absolute Gasteiger partial charge is 0.410 e. The van der Waals surface area contributed by atoms with Crippen LogP contribution < -0.4 is 18.9 Å². The Labute approximate surface area is 200 Å². The van der Waals surface area contributed by atoms with Crippen LogP contribution in [-0.4, -0.2) is 74.1 Å². The van der Waals surface area contributed by atoms with Crippen LogP contribution in [0, 0.1) is 0 Å². The zero-order valence-corrected chi connectivity index (χ0v) is 20.0. The maximum absolute atomic E-state index is 12.6. The molecule has 182 valence electrons. The summed E-state index contributed by atoms with van der Waals surface area (Å²) in [6.45, 7) is 10.5. The van der Waals surface area contributed by atoms with E-state index in [9.17, 15) is 4.79 Å². The van der Waals surface area contributed by atoms with Crippen molar-refractivity contribution in [2.24, 2.45) is 0 Å². The predicted molar refractivity (Wildman–Crippen MR) is 126 cm³/mol. The number of fused-ring (bicyclic) bond motifs is 2. The molecule has 0 aliphatic carbocycles. The van der Waals surface area contributed by atoms with Gasteiger partial charge in [0.05, 0.1) is 6.04 Å². The quantitative estimate of drug-likeness (QED) is 0.677. The number of piperazine rings is 1. The van der Waals surface area contributed by atoms with Gasteiger partial charge in [-0.2, -0.15) is 0 Å². The van der Waals surface area contributed by atoms with Crippen molar-refractivity contribution in [3.63, 3.8) is 0 Å². The van der Waals surface area contributed by atoms with E-state index in [2.05, 4.69) is 29.2 Å². The molecule has 1 amide bonds. The molecule has 1 fully saturated rings. The van der Waals surface area contributed by atoms with Gasteiger partial charge in [0.15, 0.2) is 23.0 Å². The molecule has 8 heteroatoms. The molecule has 0 unspecified atom stereocenters. The highest BCUT2D eigenvalue weighted by molar-refractivity contribution is 5.68. The molecule has 5 rings (SSSR count). The molecule has 0 aromatic heterocycles. The fourth-order valence-electron chi connectivity index (χ4n) is 4.56. The van der Waals surface area contributed by atoms with E-state index >= 15 is 0 Å². The van der Waals surface area contributed by atoms with Crippen LogP contribution in [0.15, 0.2) is 36.4 Å². The molecule has 0 bridgehead atoms. The van der Waals surface area contributed by atoms with Gasteiger partial charge in [0.2, 0.25) is 0 Å². The van der Waals surface area contributed by atoms with E-state index < -0.39 is 5.60 Å². The number of nitrogens with zero attached hydrogens (tertiary/aromatic N) is 2. The highest BCUT2D eigenvalue weighted by Crippen LogP contribution is 2.40. The Hall–Kier alpha value is -3.13. The number of benzene rings is 2. The van der Waals surface area contributed by atoms with Crippen LogP contribution in [0.25, 0.3) is 0 Å². The van der Waals surface area contributed by atoms with E-state index in [4.69, 9.17) is 23.7 Å². The van der Waals surface area contributed by atoms with Gasteiger partial charge in [0.25, 0.3) is 0 Å². The van der Waals surface area contributed by atoms with Crippen molar-refractivity contribution in [1.82, 2.24) is 9.80 Å². The first kappa shape index (κ1) is 22.7. The van der Waals surface area contributed by atoms with Crippen LogP contribution >= 0.6 is 0 Å². The minimum Gasteiger partial charge on any atom is -0.486 e. The van der Waals surface area contributed by atoms with E-state index in [1.165, 1.54) is 0 Å². The summed E-state index contributed by atoms with van der Waals surface area (Å²) in [7, 11) is 0. The fourth-order valence-corrected chi connectivity index (χ4v) is 4.56. The van der Waals surface area contributed by atoms with E-state index in [0.29, 0.717) is 52.6 Å². The standard InChI is InChI=1S/C26H32N2O6/c1-26(2,3)34-25(29)28-10-8-27(9-11-28)24(18-4-6-20-22(16-18)32-14-12-30-20)19-5-7-21-23(17-19)33-15-13-31-21/h4-7,16-17,24H,8-15H2,1-3H3. The molecule has 0 radical (unpaired) electrons. The second-order valence-corrected chi connectivity index (χ2v) is 9.71. The van der Waals surface area contributed by atoms with Gasteiger partial charge in [0, 0.05) is 26.2 Å². The number of amides is 1. The third kappa shape index (κ3) is 4.87. The SMILES string of the molecule is CC(C)(C)OC(=O)N1CCN(C(c2ccc3c(c2)OCCO3)c2ccc3c(c2)OCCO3)CC1. The van der Waals surface area contributed by atoms with Crippen molar-refractivity contribution in [2.75, 3.05) is 52.6 Å². The molecule has 2 aromatic carbocycles. The number of rotatable bonds is 3. The van der Waals surface area contributed by atoms with Gasteiger partial charge in [-0.3, -0.25) is 4.90 Å². The Morgan fingerprint density at radius 1 is 0.765 bits per heavy atom. The number of carbonyl (C=O) groups is 1. The van der Waals surface area contributed by atoms with Gasteiger partial charge in [-0.05, 0) is 56.2 Å².